The Morgan fingerprint density at radius 2 is 1.89 bits per heavy atom. The third-order valence-electron chi connectivity index (χ3n) is 5.25. The topological polar surface area (TPSA) is 93.4 Å². The SMILES string of the molecule is O=C(CSc1cc(Cl)c(Cl)cc1Cl)N[C@@H]1C(=O)N2C(C(=O)[O-])=C(/C=C/C[n+]3ccccc3)CS[C@H]12. The van der Waals surface area contributed by atoms with E-state index >= 15 is 0 Å². The predicted octanol–water partition coefficient (Wildman–Crippen LogP) is 2.69. The highest BCUT2D eigenvalue weighted by Gasteiger charge is 2.52. The second kappa shape index (κ2) is 11.3. The third kappa shape index (κ3) is 5.81. The lowest BCUT2D eigenvalue weighted by molar-refractivity contribution is -0.687. The highest BCUT2D eigenvalue weighted by atomic mass is 35.5. The summed E-state index contributed by atoms with van der Waals surface area (Å²) in [5.41, 5.74) is 0.334. The lowest BCUT2D eigenvalue weighted by atomic mass is 10.0. The molecule has 4 rings (SSSR count). The van der Waals surface area contributed by atoms with E-state index in [2.05, 4.69) is 5.32 Å². The molecular weight excluding hydrogens is 553 g/mol. The Morgan fingerprint density at radius 1 is 1.17 bits per heavy atom. The van der Waals surface area contributed by atoms with E-state index in [-0.39, 0.29) is 17.4 Å². The molecule has 0 aliphatic carbocycles. The normalized spacial score (nSPS) is 19.5. The molecular formula is C23H18Cl3N3O4S2. The van der Waals surface area contributed by atoms with E-state index in [9.17, 15) is 19.5 Å². The lowest BCUT2D eigenvalue weighted by Crippen LogP contribution is -2.71. The Labute approximate surface area is 225 Å². The number of hydrogen-bond acceptors (Lipinski definition) is 6. The number of carbonyl (C=O) groups is 3. The van der Waals surface area contributed by atoms with Crippen LogP contribution in [0.2, 0.25) is 15.1 Å². The molecule has 182 valence electrons. The number of carboxylic acid groups (broad SMARTS) is 1. The molecule has 35 heavy (non-hydrogen) atoms. The minimum Gasteiger partial charge on any atom is -0.543 e. The van der Waals surface area contributed by atoms with Crippen molar-refractivity contribution in [3.8, 4) is 0 Å². The van der Waals surface area contributed by atoms with Crippen LogP contribution < -0.4 is 15.0 Å². The number of halogens is 3. The van der Waals surface area contributed by atoms with Gasteiger partial charge in [-0.3, -0.25) is 14.5 Å². The number of fused-ring (bicyclic) bond motifs is 1. The number of benzene rings is 1. The van der Waals surface area contributed by atoms with Gasteiger partial charge in [0.2, 0.25) is 5.91 Å². The maximum absolute atomic E-state index is 12.8. The summed E-state index contributed by atoms with van der Waals surface area (Å²) in [5, 5.41) is 15.0. The molecule has 2 aromatic rings. The van der Waals surface area contributed by atoms with Gasteiger partial charge >= 0.3 is 0 Å². The van der Waals surface area contributed by atoms with Gasteiger partial charge < -0.3 is 15.2 Å². The van der Waals surface area contributed by atoms with Crippen molar-refractivity contribution < 1.29 is 24.1 Å². The molecule has 0 unspecified atom stereocenters. The van der Waals surface area contributed by atoms with Gasteiger partial charge in [0.1, 0.15) is 11.4 Å². The maximum atomic E-state index is 12.8. The number of β-lactam (4-membered cyclic amide) rings is 1. The van der Waals surface area contributed by atoms with Crippen LogP contribution in [0.3, 0.4) is 0 Å². The number of hydrogen-bond donors (Lipinski definition) is 1. The lowest BCUT2D eigenvalue weighted by Gasteiger charge is -2.50. The second-order valence-electron chi connectivity index (χ2n) is 7.58. The van der Waals surface area contributed by atoms with E-state index in [0.29, 0.717) is 37.8 Å². The Balaban J connectivity index is 1.39. The van der Waals surface area contributed by atoms with Crippen molar-refractivity contribution in [2.24, 2.45) is 0 Å². The van der Waals surface area contributed by atoms with E-state index in [1.165, 1.54) is 22.7 Å². The summed E-state index contributed by atoms with van der Waals surface area (Å²) in [7, 11) is 0. The van der Waals surface area contributed by atoms with Crippen molar-refractivity contribution >= 4 is 76.1 Å². The van der Waals surface area contributed by atoms with Gasteiger partial charge in [-0.05, 0) is 23.8 Å². The van der Waals surface area contributed by atoms with Crippen molar-refractivity contribution in [3.05, 3.63) is 81.2 Å². The Morgan fingerprint density at radius 3 is 2.60 bits per heavy atom. The first kappa shape index (κ1) is 25.9. The number of nitrogens with zero attached hydrogens (tertiary/aromatic N) is 2. The van der Waals surface area contributed by atoms with Gasteiger partial charge in [-0.1, -0.05) is 46.9 Å². The highest BCUT2D eigenvalue weighted by Crippen LogP contribution is 2.40. The largest absolute Gasteiger partial charge is 0.543 e. The van der Waals surface area contributed by atoms with Crippen molar-refractivity contribution in [2.45, 2.75) is 22.9 Å². The summed E-state index contributed by atoms with van der Waals surface area (Å²) in [6.07, 6.45) is 7.31. The summed E-state index contributed by atoms with van der Waals surface area (Å²) >= 11 is 20.6. The van der Waals surface area contributed by atoms with Gasteiger partial charge in [0.15, 0.2) is 18.9 Å². The van der Waals surface area contributed by atoms with Crippen LogP contribution in [0.25, 0.3) is 0 Å². The van der Waals surface area contributed by atoms with E-state index < -0.39 is 23.3 Å². The molecule has 1 aromatic heterocycles. The smallest absolute Gasteiger partial charge is 0.253 e. The monoisotopic (exact) mass is 569 g/mol. The van der Waals surface area contributed by atoms with Crippen LogP contribution in [-0.4, -0.2) is 45.6 Å². The predicted molar refractivity (Wildman–Crippen MR) is 135 cm³/mol. The van der Waals surface area contributed by atoms with Gasteiger partial charge in [0, 0.05) is 22.8 Å². The zero-order valence-electron chi connectivity index (χ0n) is 17.9. The molecule has 1 aromatic carbocycles. The fourth-order valence-corrected chi connectivity index (χ4v) is 6.47. The first-order valence-corrected chi connectivity index (χ1v) is 13.5. The van der Waals surface area contributed by atoms with Crippen LogP contribution in [0.5, 0.6) is 0 Å². The number of aliphatic carboxylic acids is 1. The fraction of sp³-hybridized carbons (Fsp3) is 0.217. The molecule has 1 N–H and O–H groups in total. The molecule has 3 heterocycles. The zero-order chi connectivity index (χ0) is 25.1. The fourth-order valence-electron chi connectivity index (χ4n) is 3.61. The van der Waals surface area contributed by atoms with Crippen molar-refractivity contribution in [1.29, 1.82) is 0 Å². The average Bonchev–Trinajstić information content (AvgIpc) is 2.84. The van der Waals surface area contributed by atoms with Crippen molar-refractivity contribution in [1.82, 2.24) is 10.2 Å². The van der Waals surface area contributed by atoms with Crippen LogP contribution in [0, 0.1) is 0 Å². The van der Waals surface area contributed by atoms with Crippen LogP contribution in [-0.2, 0) is 20.9 Å². The quantitative estimate of drug-likeness (QED) is 0.227. The molecule has 1 saturated heterocycles. The van der Waals surface area contributed by atoms with Crippen molar-refractivity contribution in [3.63, 3.8) is 0 Å². The number of pyridine rings is 1. The number of thioether (sulfide) groups is 2. The first-order chi connectivity index (χ1) is 16.8. The number of aromatic nitrogens is 1. The summed E-state index contributed by atoms with van der Waals surface area (Å²) in [6, 6.07) is 7.94. The number of rotatable bonds is 8. The van der Waals surface area contributed by atoms with Crippen molar-refractivity contribution in [2.75, 3.05) is 11.5 Å². The Kier molecular flexibility index (Phi) is 8.34. The van der Waals surface area contributed by atoms with E-state index in [1.807, 2.05) is 41.2 Å². The van der Waals surface area contributed by atoms with Crippen LogP contribution >= 0.6 is 58.3 Å². The van der Waals surface area contributed by atoms with E-state index in [0.717, 1.165) is 11.8 Å². The molecule has 2 amide bonds. The molecule has 0 radical (unpaired) electrons. The number of nitrogens with one attached hydrogen (secondary N) is 1. The molecule has 7 nitrogen and oxygen atoms in total. The van der Waals surface area contributed by atoms with Crippen LogP contribution in [0.4, 0.5) is 0 Å². The minimum atomic E-state index is -1.43. The first-order valence-electron chi connectivity index (χ1n) is 10.3. The van der Waals surface area contributed by atoms with E-state index in [4.69, 9.17) is 34.8 Å². The van der Waals surface area contributed by atoms with E-state index in [1.54, 1.807) is 12.1 Å². The molecule has 2 aliphatic rings. The van der Waals surface area contributed by atoms with Crippen LogP contribution in [0.1, 0.15) is 0 Å². The number of allylic oxidation sites excluding steroid dienone is 2. The molecule has 0 saturated carbocycles. The second-order valence-corrected chi connectivity index (χ2v) is 10.9. The maximum Gasteiger partial charge on any atom is 0.253 e. The molecule has 2 atom stereocenters. The summed E-state index contributed by atoms with van der Waals surface area (Å²) in [6.45, 7) is 0.548. The van der Waals surface area contributed by atoms with Gasteiger partial charge in [0.05, 0.1) is 32.5 Å². The summed E-state index contributed by atoms with van der Waals surface area (Å²) in [4.78, 5) is 38.9. The van der Waals surface area contributed by atoms with Gasteiger partial charge in [-0.2, -0.15) is 0 Å². The van der Waals surface area contributed by atoms with Gasteiger partial charge in [0.25, 0.3) is 5.91 Å². The zero-order valence-corrected chi connectivity index (χ0v) is 21.9. The van der Waals surface area contributed by atoms with Gasteiger partial charge in [-0.15, -0.1) is 23.5 Å². The number of carbonyl (C=O) groups excluding carboxylic acids is 3. The average molecular weight is 571 g/mol. The van der Waals surface area contributed by atoms with Gasteiger partial charge in [-0.25, -0.2) is 4.57 Å². The Hall–Kier alpha value is -2.17. The van der Waals surface area contributed by atoms with Crippen LogP contribution in [0.15, 0.2) is 71.0 Å². The number of carboxylic acids is 1. The Bertz CT molecular complexity index is 1240. The molecule has 1 fully saturated rings. The third-order valence-corrected chi connectivity index (χ3v) is 8.76. The minimum absolute atomic E-state index is 0.00677. The summed E-state index contributed by atoms with van der Waals surface area (Å²) < 4.78 is 1.93. The summed E-state index contributed by atoms with van der Waals surface area (Å²) in [5.74, 6) is -1.94. The molecule has 0 bridgehead atoms. The molecule has 0 spiro atoms. The standard InChI is InChI=1S/C23H18Cl3N3O4S2/c24-14-9-16(26)17(10-15(14)25)34-12-18(30)27-19-21(31)29-20(23(32)33)13(11-35-22(19)29)5-4-8-28-6-2-1-3-7-28/h1-7,9-10,19,22H,8,11-12H2,(H-,27,30,32,33)/b5-4+/t19-,22-/m1/s1. The molecule has 12 heteroatoms. The highest BCUT2D eigenvalue weighted by molar-refractivity contribution is 8.00. The molecule has 2 aliphatic heterocycles. The number of amides is 2.